The van der Waals surface area contributed by atoms with Gasteiger partial charge in [-0.15, -0.1) is 0 Å². The normalized spacial score (nSPS) is 18.0. The molecule has 27 heavy (non-hydrogen) atoms. The summed E-state index contributed by atoms with van der Waals surface area (Å²) >= 11 is 0. The first kappa shape index (κ1) is 18.0. The molecule has 0 amide bonds. The average molecular weight is 361 g/mol. The van der Waals surface area contributed by atoms with Crippen molar-refractivity contribution in [2.75, 3.05) is 13.1 Å². The number of aryl methyl sites for hydroxylation is 2. The average Bonchev–Trinajstić information content (AvgIpc) is 3.08. The standard InChI is InChI=1S/C23H27N3O/c1-17-10-11-18(2)22(13-17)26-15-20(14-25-12-6-9-21(27)16-25)23(24-26)19-7-4-3-5-8-19/h3-5,7-8,10-11,13,15,21,27H,6,9,12,14,16H2,1-2H3. The van der Waals surface area contributed by atoms with Crippen molar-refractivity contribution >= 4 is 0 Å². The molecular weight excluding hydrogens is 334 g/mol. The Hall–Kier alpha value is -2.43. The van der Waals surface area contributed by atoms with Crippen molar-refractivity contribution in [3.05, 3.63) is 71.4 Å². The molecule has 0 spiro atoms. The lowest BCUT2D eigenvalue weighted by Crippen LogP contribution is -2.37. The molecule has 4 heteroatoms. The van der Waals surface area contributed by atoms with E-state index < -0.39 is 0 Å². The highest BCUT2D eigenvalue weighted by Crippen LogP contribution is 2.27. The summed E-state index contributed by atoms with van der Waals surface area (Å²) < 4.78 is 2.01. The van der Waals surface area contributed by atoms with E-state index in [4.69, 9.17) is 5.10 Å². The summed E-state index contributed by atoms with van der Waals surface area (Å²) in [5.41, 5.74) is 6.93. The molecule has 0 radical (unpaired) electrons. The second-order valence-corrected chi connectivity index (χ2v) is 7.63. The Morgan fingerprint density at radius 3 is 2.70 bits per heavy atom. The van der Waals surface area contributed by atoms with Crippen LogP contribution in [0.15, 0.2) is 54.7 Å². The number of hydrogen-bond donors (Lipinski definition) is 1. The minimum absolute atomic E-state index is 0.215. The maximum atomic E-state index is 10.0. The Bertz CT molecular complexity index is 917. The first-order valence-electron chi connectivity index (χ1n) is 9.72. The van der Waals surface area contributed by atoms with Gasteiger partial charge in [-0.1, -0.05) is 42.5 Å². The molecule has 2 heterocycles. The van der Waals surface area contributed by atoms with Crippen LogP contribution in [0.1, 0.15) is 29.5 Å². The van der Waals surface area contributed by atoms with E-state index in [2.05, 4.69) is 67.4 Å². The number of rotatable bonds is 4. The molecule has 0 aliphatic carbocycles. The Balaban J connectivity index is 1.74. The van der Waals surface area contributed by atoms with Crippen LogP contribution in [0, 0.1) is 13.8 Å². The molecule has 1 aliphatic heterocycles. The van der Waals surface area contributed by atoms with Crippen LogP contribution < -0.4 is 0 Å². The molecule has 3 aromatic rings. The third-order valence-electron chi connectivity index (χ3n) is 5.32. The molecule has 1 saturated heterocycles. The number of β-amino-alcohol motifs (C(OH)–C–C–N with tert-alkyl or cyclic N) is 1. The smallest absolute Gasteiger partial charge is 0.0972 e. The van der Waals surface area contributed by atoms with Gasteiger partial charge in [0.2, 0.25) is 0 Å². The highest BCUT2D eigenvalue weighted by atomic mass is 16.3. The summed E-state index contributed by atoms with van der Waals surface area (Å²) in [5, 5.41) is 15.0. The fraction of sp³-hybridized carbons (Fsp3) is 0.348. The van der Waals surface area contributed by atoms with Crippen LogP contribution in [0.5, 0.6) is 0 Å². The minimum atomic E-state index is -0.215. The second kappa shape index (κ2) is 7.67. The summed E-state index contributed by atoms with van der Waals surface area (Å²) in [6.45, 7) is 6.81. The Morgan fingerprint density at radius 2 is 1.93 bits per heavy atom. The van der Waals surface area contributed by atoms with Crippen LogP contribution in [0.2, 0.25) is 0 Å². The van der Waals surface area contributed by atoms with Gasteiger partial charge in [-0.3, -0.25) is 4.90 Å². The third kappa shape index (κ3) is 3.97. The van der Waals surface area contributed by atoms with Crippen LogP contribution in [0.4, 0.5) is 0 Å². The highest BCUT2D eigenvalue weighted by molar-refractivity contribution is 5.63. The Kier molecular flexibility index (Phi) is 5.10. The SMILES string of the molecule is Cc1ccc(C)c(-n2cc(CN3CCCC(O)C3)c(-c3ccccc3)n2)c1. The van der Waals surface area contributed by atoms with Crippen molar-refractivity contribution in [3.63, 3.8) is 0 Å². The van der Waals surface area contributed by atoms with E-state index in [-0.39, 0.29) is 6.10 Å². The topological polar surface area (TPSA) is 41.3 Å². The van der Waals surface area contributed by atoms with Gasteiger partial charge in [0.25, 0.3) is 0 Å². The summed E-state index contributed by atoms with van der Waals surface area (Å²) in [5.74, 6) is 0. The number of piperidine rings is 1. The maximum Gasteiger partial charge on any atom is 0.0972 e. The Morgan fingerprint density at radius 1 is 1.11 bits per heavy atom. The first-order valence-corrected chi connectivity index (χ1v) is 9.72. The first-order chi connectivity index (χ1) is 13.1. The number of likely N-dealkylation sites (tertiary alicyclic amines) is 1. The lowest BCUT2D eigenvalue weighted by molar-refractivity contribution is 0.0669. The molecule has 0 saturated carbocycles. The van der Waals surface area contributed by atoms with E-state index in [0.29, 0.717) is 0 Å². The number of nitrogens with zero attached hydrogens (tertiary/aromatic N) is 3. The van der Waals surface area contributed by atoms with Gasteiger partial charge in [-0.25, -0.2) is 4.68 Å². The zero-order chi connectivity index (χ0) is 18.8. The molecule has 4 rings (SSSR count). The quantitative estimate of drug-likeness (QED) is 0.760. The number of aliphatic hydroxyl groups excluding tert-OH is 1. The number of hydrogen-bond acceptors (Lipinski definition) is 3. The highest BCUT2D eigenvalue weighted by Gasteiger charge is 2.21. The van der Waals surface area contributed by atoms with Crippen molar-refractivity contribution in [1.82, 2.24) is 14.7 Å². The fourth-order valence-corrected chi connectivity index (χ4v) is 3.87. The van der Waals surface area contributed by atoms with Crippen LogP contribution in [-0.2, 0) is 6.54 Å². The lowest BCUT2D eigenvalue weighted by Gasteiger charge is -2.29. The van der Waals surface area contributed by atoms with Gasteiger partial charge >= 0.3 is 0 Å². The van der Waals surface area contributed by atoms with Gasteiger partial charge in [0.05, 0.1) is 17.5 Å². The fourth-order valence-electron chi connectivity index (χ4n) is 3.87. The summed E-state index contributed by atoms with van der Waals surface area (Å²) in [4.78, 5) is 2.34. The Labute approximate surface area is 161 Å². The molecule has 4 nitrogen and oxygen atoms in total. The van der Waals surface area contributed by atoms with Gasteiger partial charge < -0.3 is 5.11 Å². The van der Waals surface area contributed by atoms with E-state index in [1.165, 1.54) is 16.7 Å². The molecule has 140 valence electrons. The van der Waals surface area contributed by atoms with Crippen molar-refractivity contribution in [1.29, 1.82) is 0 Å². The number of aliphatic hydroxyl groups is 1. The predicted molar refractivity (Wildman–Crippen MR) is 109 cm³/mol. The van der Waals surface area contributed by atoms with Gasteiger partial charge in [-0.05, 0) is 50.4 Å². The largest absolute Gasteiger partial charge is 0.392 e. The van der Waals surface area contributed by atoms with Crippen LogP contribution >= 0.6 is 0 Å². The van der Waals surface area contributed by atoms with Gasteiger partial charge in [0, 0.05) is 30.4 Å². The molecule has 1 fully saturated rings. The predicted octanol–water partition coefficient (Wildman–Crippen LogP) is 4.11. The van der Waals surface area contributed by atoms with Crippen molar-refractivity contribution in [2.45, 2.75) is 39.3 Å². The molecule has 1 aliphatic rings. The molecule has 0 bridgehead atoms. The van der Waals surface area contributed by atoms with Crippen molar-refractivity contribution < 1.29 is 5.11 Å². The van der Waals surface area contributed by atoms with Crippen molar-refractivity contribution in [3.8, 4) is 16.9 Å². The van der Waals surface area contributed by atoms with Crippen LogP contribution in [-0.4, -0.2) is 39.0 Å². The van der Waals surface area contributed by atoms with E-state index in [0.717, 1.165) is 49.4 Å². The summed E-state index contributed by atoms with van der Waals surface area (Å²) in [7, 11) is 0. The van der Waals surface area contributed by atoms with E-state index in [1.807, 2.05) is 10.7 Å². The zero-order valence-electron chi connectivity index (χ0n) is 16.1. The number of benzene rings is 2. The van der Waals surface area contributed by atoms with Crippen LogP contribution in [0.25, 0.3) is 16.9 Å². The van der Waals surface area contributed by atoms with Crippen molar-refractivity contribution in [2.24, 2.45) is 0 Å². The van der Waals surface area contributed by atoms with E-state index in [9.17, 15) is 5.11 Å². The summed E-state index contributed by atoms with van der Waals surface area (Å²) in [6, 6.07) is 16.8. The molecule has 1 N–H and O–H groups in total. The summed E-state index contributed by atoms with van der Waals surface area (Å²) in [6.07, 6.45) is 3.90. The maximum absolute atomic E-state index is 10.0. The monoisotopic (exact) mass is 361 g/mol. The van der Waals surface area contributed by atoms with E-state index in [1.54, 1.807) is 0 Å². The molecule has 1 aromatic heterocycles. The van der Waals surface area contributed by atoms with Gasteiger partial charge in [-0.2, -0.15) is 5.10 Å². The molecule has 1 unspecified atom stereocenters. The van der Waals surface area contributed by atoms with Gasteiger partial charge in [0.15, 0.2) is 0 Å². The van der Waals surface area contributed by atoms with Gasteiger partial charge in [0.1, 0.15) is 0 Å². The second-order valence-electron chi connectivity index (χ2n) is 7.63. The molecule has 2 aromatic carbocycles. The lowest BCUT2D eigenvalue weighted by atomic mass is 10.1. The third-order valence-corrected chi connectivity index (χ3v) is 5.32. The minimum Gasteiger partial charge on any atom is -0.392 e. The molecule has 1 atom stereocenters. The zero-order valence-corrected chi connectivity index (χ0v) is 16.1. The number of aromatic nitrogens is 2. The van der Waals surface area contributed by atoms with Crippen LogP contribution in [0.3, 0.4) is 0 Å². The van der Waals surface area contributed by atoms with E-state index >= 15 is 0 Å². The molecular formula is C23H27N3O.